The first kappa shape index (κ1) is 19.0. The summed E-state index contributed by atoms with van der Waals surface area (Å²) < 4.78 is 15.8. The number of amides is 1. The van der Waals surface area contributed by atoms with Crippen LogP contribution in [-0.2, 0) is 9.47 Å². The number of aromatic nitrogens is 1. The Bertz CT molecular complexity index is 604. The molecule has 0 N–H and O–H groups in total. The van der Waals surface area contributed by atoms with E-state index in [2.05, 4.69) is 9.72 Å². The van der Waals surface area contributed by atoms with Gasteiger partial charge in [-0.15, -0.1) is 0 Å². The molecule has 0 atom stereocenters. The van der Waals surface area contributed by atoms with Gasteiger partial charge in [0.05, 0.1) is 25.5 Å². The molecule has 0 saturated carbocycles. The number of pyridine rings is 1. The van der Waals surface area contributed by atoms with Gasteiger partial charge in [0.25, 0.3) is 0 Å². The van der Waals surface area contributed by atoms with E-state index in [0.29, 0.717) is 36.9 Å². The summed E-state index contributed by atoms with van der Waals surface area (Å²) in [6.07, 6.45) is 4.45. The van der Waals surface area contributed by atoms with Crippen LogP contribution in [0.3, 0.4) is 0 Å². The summed E-state index contributed by atoms with van der Waals surface area (Å²) >= 11 is 0. The molecule has 0 aromatic carbocycles. The van der Waals surface area contributed by atoms with Crippen molar-refractivity contribution in [2.24, 2.45) is 5.92 Å². The Labute approximate surface area is 148 Å². The van der Waals surface area contributed by atoms with Crippen molar-refractivity contribution in [3.8, 4) is 5.75 Å². The van der Waals surface area contributed by atoms with Gasteiger partial charge in [0.15, 0.2) is 0 Å². The van der Waals surface area contributed by atoms with Crippen molar-refractivity contribution in [2.45, 2.75) is 39.2 Å². The molecule has 0 spiro atoms. The molecule has 0 unspecified atom stereocenters. The van der Waals surface area contributed by atoms with E-state index in [1.54, 1.807) is 17.2 Å². The van der Waals surface area contributed by atoms with Crippen molar-refractivity contribution in [1.82, 2.24) is 9.88 Å². The van der Waals surface area contributed by atoms with E-state index in [1.165, 1.54) is 13.3 Å². The average Bonchev–Trinajstić information content (AvgIpc) is 2.58. The highest BCUT2D eigenvalue weighted by atomic mass is 16.6. The number of hydrogen-bond donors (Lipinski definition) is 0. The fourth-order valence-corrected chi connectivity index (χ4v) is 2.55. The Kier molecular flexibility index (Phi) is 6.22. The molecule has 1 amide bonds. The van der Waals surface area contributed by atoms with Gasteiger partial charge >= 0.3 is 12.1 Å². The predicted molar refractivity (Wildman–Crippen MR) is 91.6 cm³/mol. The SMILES string of the molecule is COC(=O)c1cncc(OCC2CCN(C(=O)OC(C)(C)C)CC2)c1. The van der Waals surface area contributed by atoms with Crippen LogP contribution in [0.1, 0.15) is 44.0 Å². The molecule has 2 rings (SSSR count). The monoisotopic (exact) mass is 350 g/mol. The standard InChI is InChI=1S/C18H26N2O5/c1-18(2,3)25-17(22)20-7-5-13(6-8-20)12-24-15-9-14(10-19-11-15)16(21)23-4/h9-11,13H,5-8,12H2,1-4H3. The van der Waals surface area contributed by atoms with Crippen molar-refractivity contribution in [3.05, 3.63) is 24.0 Å². The van der Waals surface area contributed by atoms with Crippen LogP contribution in [0, 0.1) is 5.92 Å². The maximum absolute atomic E-state index is 12.0. The summed E-state index contributed by atoms with van der Waals surface area (Å²) in [7, 11) is 1.33. The third-order valence-corrected chi connectivity index (χ3v) is 3.89. The van der Waals surface area contributed by atoms with Crippen molar-refractivity contribution in [2.75, 3.05) is 26.8 Å². The molecule has 0 aliphatic carbocycles. The van der Waals surface area contributed by atoms with Crippen molar-refractivity contribution >= 4 is 12.1 Å². The highest BCUT2D eigenvalue weighted by Gasteiger charge is 2.27. The van der Waals surface area contributed by atoms with E-state index >= 15 is 0 Å². The second-order valence-corrected chi connectivity index (χ2v) is 7.12. The van der Waals surface area contributed by atoms with E-state index in [0.717, 1.165) is 12.8 Å². The van der Waals surface area contributed by atoms with Crippen LogP contribution in [0.25, 0.3) is 0 Å². The molecule has 2 heterocycles. The Hall–Kier alpha value is -2.31. The fourth-order valence-electron chi connectivity index (χ4n) is 2.55. The average molecular weight is 350 g/mol. The number of esters is 1. The minimum atomic E-state index is -0.477. The number of piperidine rings is 1. The van der Waals surface area contributed by atoms with Crippen LogP contribution in [0.4, 0.5) is 4.79 Å². The third kappa shape index (κ3) is 5.92. The first-order valence-corrected chi connectivity index (χ1v) is 8.42. The molecule has 1 aliphatic rings. The maximum Gasteiger partial charge on any atom is 0.410 e. The number of rotatable bonds is 4. The highest BCUT2D eigenvalue weighted by molar-refractivity contribution is 5.89. The van der Waals surface area contributed by atoms with Crippen LogP contribution in [0.5, 0.6) is 5.75 Å². The summed E-state index contributed by atoms with van der Waals surface area (Å²) in [6, 6.07) is 1.62. The summed E-state index contributed by atoms with van der Waals surface area (Å²) in [4.78, 5) is 29.3. The first-order valence-electron chi connectivity index (χ1n) is 8.42. The van der Waals surface area contributed by atoms with Gasteiger partial charge in [-0.05, 0) is 45.6 Å². The zero-order valence-electron chi connectivity index (χ0n) is 15.3. The lowest BCUT2D eigenvalue weighted by atomic mass is 9.98. The number of carbonyl (C=O) groups excluding carboxylic acids is 2. The number of hydrogen-bond acceptors (Lipinski definition) is 6. The Morgan fingerprint density at radius 1 is 1.24 bits per heavy atom. The zero-order valence-corrected chi connectivity index (χ0v) is 15.3. The van der Waals surface area contributed by atoms with Gasteiger partial charge in [-0.25, -0.2) is 9.59 Å². The smallest absolute Gasteiger partial charge is 0.410 e. The molecule has 138 valence electrons. The second kappa shape index (κ2) is 8.18. The van der Waals surface area contributed by atoms with Crippen molar-refractivity contribution in [1.29, 1.82) is 0 Å². The van der Waals surface area contributed by atoms with Crippen LogP contribution < -0.4 is 4.74 Å². The lowest BCUT2D eigenvalue weighted by Crippen LogP contribution is -2.42. The lowest BCUT2D eigenvalue weighted by Gasteiger charge is -2.33. The van der Waals surface area contributed by atoms with Gasteiger partial charge in [-0.1, -0.05) is 0 Å². The maximum atomic E-state index is 12.0. The number of carbonyl (C=O) groups is 2. The molecular formula is C18H26N2O5. The molecule has 25 heavy (non-hydrogen) atoms. The Morgan fingerprint density at radius 2 is 1.92 bits per heavy atom. The van der Waals surface area contributed by atoms with Gasteiger partial charge in [0, 0.05) is 19.3 Å². The highest BCUT2D eigenvalue weighted by Crippen LogP contribution is 2.21. The topological polar surface area (TPSA) is 78.0 Å². The van der Waals surface area contributed by atoms with Crippen LogP contribution in [0.2, 0.25) is 0 Å². The minimum absolute atomic E-state index is 0.262. The fraction of sp³-hybridized carbons (Fsp3) is 0.611. The van der Waals surface area contributed by atoms with Gasteiger partial charge < -0.3 is 19.1 Å². The van der Waals surface area contributed by atoms with Crippen LogP contribution >= 0.6 is 0 Å². The molecule has 0 radical (unpaired) electrons. The third-order valence-electron chi connectivity index (χ3n) is 3.89. The van der Waals surface area contributed by atoms with Gasteiger partial charge in [0.2, 0.25) is 0 Å². The van der Waals surface area contributed by atoms with Crippen molar-refractivity contribution in [3.63, 3.8) is 0 Å². The minimum Gasteiger partial charge on any atom is -0.492 e. The number of methoxy groups -OCH3 is 1. The molecular weight excluding hydrogens is 324 g/mol. The quantitative estimate of drug-likeness (QED) is 0.777. The molecule has 7 heteroatoms. The lowest BCUT2D eigenvalue weighted by molar-refractivity contribution is 0.0165. The van der Waals surface area contributed by atoms with Crippen molar-refractivity contribution < 1.29 is 23.8 Å². The molecule has 0 bridgehead atoms. The summed E-state index contributed by atoms with van der Waals surface area (Å²) in [5.74, 6) is 0.446. The Balaban J connectivity index is 1.79. The second-order valence-electron chi connectivity index (χ2n) is 7.12. The molecule has 1 aliphatic heterocycles. The number of ether oxygens (including phenoxy) is 3. The van der Waals surface area contributed by atoms with E-state index in [4.69, 9.17) is 9.47 Å². The molecule has 7 nitrogen and oxygen atoms in total. The van der Waals surface area contributed by atoms with Gasteiger partial charge in [-0.2, -0.15) is 0 Å². The molecule has 1 aromatic heterocycles. The number of nitrogens with zero attached hydrogens (tertiary/aromatic N) is 2. The molecule has 1 fully saturated rings. The van der Waals surface area contributed by atoms with E-state index in [-0.39, 0.29) is 6.09 Å². The predicted octanol–water partition coefficient (Wildman–Crippen LogP) is 2.89. The van der Waals surface area contributed by atoms with Gasteiger partial charge in [0.1, 0.15) is 11.4 Å². The zero-order chi connectivity index (χ0) is 18.4. The molecule has 1 aromatic rings. The normalized spacial score (nSPS) is 15.6. The van der Waals surface area contributed by atoms with E-state index in [1.807, 2.05) is 20.8 Å². The Morgan fingerprint density at radius 3 is 2.52 bits per heavy atom. The van der Waals surface area contributed by atoms with E-state index < -0.39 is 11.6 Å². The van der Waals surface area contributed by atoms with Crippen LogP contribution in [0.15, 0.2) is 18.5 Å². The number of likely N-dealkylation sites (tertiary alicyclic amines) is 1. The molecule has 1 saturated heterocycles. The first-order chi connectivity index (χ1) is 11.8. The van der Waals surface area contributed by atoms with Crippen LogP contribution in [-0.4, -0.2) is 54.4 Å². The van der Waals surface area contributed by atoms with E-state index in [9.17, 15) is 9.59 Å². The summed E-state index contributed by atoms with van der Waals surface area (Å²) in [6.45, 7) is 7.42. The summed E-state index contributed by atoms with van der Waals surface area (Å²) in [5.41, 5.74) is -0.117. The van der Waals surface area contributed by atoms with Gasteiger partial charge in [-0.3, -0.25) is 4.98 Å². The summed E-state index contributed by atoms with van der Waals surface area (Å²) in [5, 5.41) is 0. The largest absolute Gasteiger partial charge is 0.492 e.